The Morgan fingerprint density at radius 2 is 1.95 bits per heavy atom. The molecule has 0 saturated carbocycles. The second-order valence-corrected chi connectivity index (χ2v) is 12.3. The van der Waals surface area contributed by atoms with Crippen molar-refractivity contribution in [1.82, 2.24) is 10.3 Å². The Balaban J connectivity index is 1.35. The molecular formula is C28H30BrN3O5S2. The molecule has 0 radical (unpaired) electrons. The fraction of sp³-hybridized carbons (Fsp3) is 0.393. The minimum absolute atomic E-state index is 0.103. The van der Waals surface area contributed by atoms with E-state index in [0.29, 0.717) is 43.6 Å². The van der Waals surface area contributed by atoms with Crippen LogP contribution in [0.1, 0.15) is 27.3 Å². The van der Waals surface area contributed by atoms with E-state index in [1.165, 1.54) is 0 Å². The molecule has 8 nitrogen and oxygen atoms in total. The van der Waals surface area contributed by atoms with Gasteiger partial charge in [-0.15, -0.1) is 11.3 Å². The number of ether oxygens (including phenoxy) is 4. The Morgan fingerprint density at radius 3 is 2.64 bits per heavy atom. The highest BCUT2D eigenvalue weighted by molar-refractivity contribution is 9.10. The molecule has 1 N–H and O–H groups in total. The van der Waals surface area contributed by atoms with Crippen molar-refractivity contribution in [3.63, 3.8) is 0 Å². The van der Waals surface area contributed by atoms with E-state index in [9.17, 15) is 4.79 Å². The highest BCUT2D eigenvalue weighted by Crippen LogP contribution is 2.50. The lowest BCUT2D eigenvalue weighted by Gasteiger charge is -2.50. The molecule has 0 spiro atoms. The van der Waals surface area contributed by atoms with Crippen LogP contribution >= 0.6 is 39.0 Å². The van der Waals surface area contributed by atoms with Crippen LogP contribution in [0.25, 0.3) is 0 Å². The first kappa shape index (κ1) is 28.3. The summed E-state index contributed by atoms with van der Waals surface area (Å²) in [5.74, 6) is 1.47. The van der Waals surface area contributed by atoms with Crippen molar-refractivity contribution in [2.45, 2.75) is 24.2 Å². The first-order valence-corrected chi connectivity index (χ1v) is 15.2. The van der Waals surface area contributed by atoms with E-state index in [1.54, 1.807) is 49.5 Å². The number of rotatable bonds is 9. The van der Waals surface area contributed by atoms with E-state index < -0.39 is 11.1 Å². The van der Waals surface area contributed by atoms with Gasteiger partial charge in [-0.2, -0.15) is 0 Å². The topological polar surface area (TPSA) is 91.3 Å². The van der Waals surface area contributed by atoms with Gasteiger partial charge in [0.1, 0.15) is 26.5 Å². The zero-order chi connectivity index (χ0) is 27.3. The smallest absolute Gasteiger partial charge is 0.257 e. The van der Waals surface area contributed by atoms with Gasteiger partial charge in [0.05, 0.1) is 33.5 Å². The predicted molar refractivity (Wildman–Crippen MR) is 157 cm³/mol. The second kappa shape index (κ2) is 12.5. The molecule has 2 aliphatic heterocycles. The standard InChI is InChI=1S/C28H30BrN3O5S2/c1-34-16-27(17-36-13-19-8-10-22(35-2)11-9-19)12-21-14-39-26(31-24(33)20-6-4-3-5-7-20)32-28(21,18-37-27)25-30-23(29)15-38-25/h3-11,15,21H,12-14,16-18H2,1-2H3,(H,31,32,33)/t21-,27-,28-/m0/s1. The van der Waals surface area contributed by atoms with Crippen LogP contribution < -0.4 is 10.1 Å². The van der Waals surface area contributed by atoms with Gasteiger partial charge >= 0.3 is 0 Å². The molecule has 2 aliphatic rings. The molecule has 2 aromatic carbocycles. The van der Waals surface area contributed by atoms with Gasteiger partial charge < -0.3 is 24.3 Å². The van der Waals surface area contributed by atoms with Crippen LogP contribution in [0.4, 0.5) is 0 Å². The fourth-order valence-electron chi connectivity index (χ4n) is 4.91. The van der Waals surface area contributed by atoms with Gasteiger partial charge in [0, 0.05) is 29.7 Å². The number of thiazole rings is 1. The molecule has 206 valence electrons. The van der Waals surface area contributed by atoms with Crippen molar-refractivity contribution in [2.75, 3.05) is 39.8 Å². The third kappa shape index (κ3) is 6.39. The monoisotopic (exact) mass is 631 g/mol. The van der Waals surface area contributed by atoms with Crippen molar-refractivity contribution < 1.29 is 23.7 Å². The molecule has 3 atom stereocenters. The number of hydrogen-bond donors (Lipinski definition) is 1. The maximum Gasteiger partial charge on any atom is 0.257 e. The zero-order valence-electron chi connectivity index (χ0n) is 21.7. The van der Waals surface area contributed by atoms with Gasteiger partial charge in [-0.25, -0.2) is 9.98 Å². The summed E-state index contributed by atoms with van der Waals surface area (Å²) >= 11 is 6.59. The lowest BCUT2D eigenvalue weighted by Crippen LogP contribution is -2.58. The van der Waals surface area contributed by atoms with Crippen LogP contribution in [0, 0.1) is 5.92 Å². The Kier molecular flexibility index (Phi) is 9.05. The van der Waals surface area contributed by atoms with Gasteiger partial charge in [0.2, 0.25) is 0 Å². The first-order valence-electron chi connectivity index (χ1n) is 12.5. The van der Waals surface area contributed by atoms with Gasteiger partial charge in [-0.05, 0) is 52.2 Å². The molecule has 0 aliphatic carbocycles. The minimum atomic E-state index is -0.714. The largest absolute Gasteiger partial charge is 0.497 e. The molecule has 3 aromatic rings. The maximum absolute atomic E-state index is 12.9. The number of benzene rings is 2. The highest BCUT2D eigenvalue weighted by atomic mass is 79.9. The number of carbonyl (C=O) groups excluding carboxylic acids is 1. The van der Waals surface area contributed by atoms with Crippen LogP contribution in [0.3, 0.4) is 0 Å². The third-order valence-electron chi connectivity index (χ3n) is 6.92. The Labute approximate surface area is 244 Å². The van der Waals surface area contributed by atoms with Gasteiger partial charge in [-0.1, -0.05) is 42.1 Å². The van der Waals surface area contributed by atoms with Crippen LogP contribution in [-0.4, -0.2) is 61.5 Å². The van der Waals surface area contributed by atoms with Crippen molar-refractivity contribution in [3.8, 4) is 5.75 Å². The van der Waals surface area contributed by atoms with E-state index in [2.05, 4.69) is 21.2 Å². The second-order valence-electron chi connectivity index (χ2n) is 9.59. The van der Waals surface area contributed by atoms with Crippen molar-refractivity contribution >= 4 is 50.1 Å². The summed E-state index contributed by atoms with van der Waals surface area (Å²) < 4.78 is 24.4. The number of halogens is 1. The van der Waals surface area contributed by atoms with Gasteiger partial charge in [0.25, 0.3) is 5.91 Å². The number of amides is 1. The predicted octanol–water partition coefficient (Wildman–Crippen LogP) is 5.28. The average Bonchev–Trinajstić information content (AvgIpc) is 3.41. The number of thioether (sulfide) groups is 1. The molecular weight excluding hydrogens is 602 g/mol. The normalized spacial score (nSPS) is 24.5. The summed E-state index contributed by atoms with van der Waals surface area (Å²) in [6.45, 7) is 1.54. The number of fused-ring (bicyclic) bond motifs is 1. The molecule has 11 heteroatoms. The maximum atomic E-state index is 12.9. The van der Waals surface area contributed by atoms with E-state index in [-0.39, 0.29) is 11.8 Å². The summed E-state index contributed by atoms with van der Waals surface area (Å²) in [7, 11) is 3.33. The molecule has 1 saturated heterocycles. The molecule has 0 bridgehead atoms. The summed E-state index contributed by atoms with van der Waals surface area (Å²) in [5.41, 5.74) is 0.305. The summed E-state index contributed by atoms with van der Waals surface area (Å²) in [6, 6.07) is 17.0. The van der Waals surface area contributed by atoms with E-state index in [0.717, 1.165) is 26.7 Å². The lowest BCUT2D eigenvalue weighted by atomic mass is 9.76. The number of aliphatic imine (C=N–C) groups is 1. The molecule has 1 fully saturated rings. The Bertz CT molecular complexity index is 1310. The van der Waals surface area contributed by atoms with Gasteiger partial charge in [0.15, 0.2) is 5.17 Å². The number of carbonyl (C=O) groups is 1. The van der Waals surface area contributed by atoms with Gasteiger partial charge in [-0.3, -0.25) is 4.79 Å². The van der Waals surface area contributed by atoms with E-state index >= 15 is 0 Å². The molecule has 39 heavy (non-hydrogen) atoms. The van der Waals surface area contributed by atoms with Crippen LogP contribution in [-0.2, 0) is 26.4 Å². The number of nitrogens with one attached hydrogen (secondary N) is 1. The lowest BCUT2D eigenvalue weighted by molar-refractivity contribution is -0.186. The minimum Gasteiger partial charge on any atom is -0.497 e. The number of nitrogens with zero attached hydrogens (tertiary/aromatic N) is 2. The Hall–Kier alpha value is -2.28. The molecule has 0 unspecified atom stereocenters. The average molecular weight is 633 g/mol. The Morgan fingerprint density at radius 1 is 1.15 bits per heavy atom. The zero-order valence-corrected chi connectivity index (χ0v) is 24.9. The fourth-order valence-corrected chi connectivity index (χ4v) is 7.52. The number of amidine groups is 1. The highest BCUT2D eigenvalue weighted by Gasteiger charge is 2.55. The summed E-state index contributed by atoms with van der Waals surface area (Å²) in [6.07, 6.45) is 0.678. The molecule has 1 aromatic heterocycles. The van der Waals surface area contributed by atoms with E-state index in [1.807, 2.05) is 47.8 Å². The molecule has 1 amide bonds. The first-order chi connectivity index (χ1) is 18.9. The summed E-state index contributed by atoms with van der Waals surface area (Å²) in [5, 5.41) is 6.39. The van der Waals surface area contributed by atoms with Crippen molar-refractivity contribution in [1.29, 1.82) is 0 Å². The molecule has 5 rings (SSSR count). The van der Waals surface area contributed by atoms with Crippen molar-refractivity contribution in [3.05, 3.63) is 80.7 Å². The SMILES string of the molecule is COC[C@]1(COCc2ccc(OC)cc2)C[C@H]2CSC(NC(=O)c3ccccc3)=N[C@@]2(c2nc(Br)cs2)CO1. The quantitative estimate of drug-likeness (QED) is 0.343. The van der Waals surface area contributed by atoms with Crippen LogP contribution in [0.2, 0.25) is 0 Å². The number of methoxy groups -OCH3 is 2. The number of hydrogen-bond acceptors (Lipinski definition) is 9. The third-order valence-corrected chi connectivity index (χ3v) is 9.67. The molecule has 3 heterocycles. The van der Waals surface area contributed by atoms with Crippen LogP contribution in [0.5, 0.6) is 5.75 Å². The summed E-state index contributed by atoms with van der Waals surface area (Å²) in [4.78, 5) is 22.7. The van der Waals surface area contributed by atoms with Crippen LogP contribution in [0.15, 0.2) is 69.6 Å². The van der Waals surface area contributed by atoms with Crippen molar-refractivity contribution in [2.24, 2.45) is 10.9 Å². The number of aromatic nitrogens is 1. The van der Waals surface area contributed by atoms with E-state index in [4.69, 9.17) is 28.9 Å².